The first-order valence-corrected chi connectivity index (χ1v) is 15.0. The third-order valence-corrected chi connectivity index (χ3v) is 6.75. The molecule has 2 heteroatoms. The third-order valence-electron chi connectivity index (χ3n) is 6.75. The molecule has 0 radical (unpaired) electrons. The summed E-state index contributed by atoms with van der Waals surface area (Å²) in [6, 6.07) is 0. The van der Waals surface area contributed by atoms with Crippen molar-refractivity contribution in [2.75, 3.05) is 6.61 Å². The van der Waals surface area contributed by atoms with Gasteiger partial charge in [-0.1, -0.05) is 162 Å². The molecule has 0 aromatic rings. The Morgan fingerprint density at radius 3 is 1.03 bits per heavy atom. The Balaban J connectivity index is 3.12. The summed E-state index contributed by atoms with van der Waals surface area (Å²) >= 11 is 0. The minimum atomic E-state index is 0.0221. The maximum Gasteiger partial charge on any atom is 0.305 e. The fraction of sp³-hybridized carbons (Fsp3) is 0.967. The van der Waals surface area contributed by atoms with E-state index in [4.69, 9.17) is 4.74 Å². The van der Waals surface area contributed by atoms with Crippen LogP contribution in [0, 0.1) is 0 Å². The molecule has 0 unspecified atom stereocenters. The smallest absolute Gasteiger partial charge is 0.305 e. The number of unbranched alkanes of at least 4 members (excludes halogenated alkanes) is 23. The molecule has 2 nitrogen and oxygen atoms in total. The van der Waals surface area contributed by atoms with Crippen LogP contribution in [0.2, 0.25) is 0 Å². The molecule has 0 atom stereocenters. The van der Waals surface area contributed by atoms with Crippen molar-refractivity contribution in [2.24, 2.45) is 0 Å². The van der Waals surface area contributed by atoms with E-state index in [9.17, 15) is 4.79 Å². The Morgan fingerprint density at radius 1 is 0.406 bits per heavy atom. The van der Waals surface area contributed by atoms with Crippen LogP contribution in [0.25, 0.3) is 0 Å². The molecule has 0 fully saturated rings. The molecule has 0 aromatic heterocycles. The van der Waals surface area contributed by atoms with E-state index < -0.39 is 0 Å². The van der Waals surface area contributed by atoms with Crippen LogP contribution in [0.3, 0.4) is 0 Å². The van der Waals surface area contributed by atoms with E-state index in [-0.39, 0.29) is 5.97 Å². The molecule has 0 rings (SSSR count). The van der Waals surface area contributed by atoms with Crippen LogP contribution in [0.15, 0.2) is 0 Å². The summed E-state index contributed by atoms with van der Waals surface area (Å²) in [4.78, 5) is 11.8. The quantitative estimate of drug-likeness (QED) is 0.0914. The highest BCUT2D eigenvalue weighted by molar-refractivity contribution is 5.69. The lowest BCUT2D eigenvalue weighted by atomic mass is 10.0. The van der Waals surface area contributed by atoms with Gasteiger partial charge in [-0.05, 0) is 12.8 Å². The average molecular weight is 453 g/mol. The maximum atomic E-state index is 11.8. The number of esters is 1. The zero-order chi connectivity index (χ0) is 23.4. The van der Waals surface area contributed by atoms with Crippen molar-refractivity contribution < 1.29 is 9.53 Å². The van der Waals surface area contributed by atoms with E-state index >= 15 is 0 Å². The molecule has 0 aliphatic heterocycles. The van der Waals surface area contributed by atoms with Crippen molar-refractivity contribution in [1.29, 1.82) is 0 Å². The molecular weight excluding hydrogens is 392 g/mol. The van der Waals surface area contributed by atoms with Crippen LogP contribution in [0.4, 0.5) is 0 Å². The lowest BCUT2D eigenvalue weighted by Gasteiger charge is -2.06. The van der Waals surface area contributed by atoms with Crippen molar-refractivity contribution in [3.8, 4) is 0 Å². The van der Waals surface area contributed by atoms with Gasteiger partial charge in [-0.25, -0.2) is 0 Å². The highest BCUT2D eigenvalue weighted by Gasteiger charge is 2.02. The molecule has 0 heterocycles. The zero-order valence-electron chi connectivity index (χ0n) is 22.4. The van der Waals surface area contributed by atoms with Gasteiger partial charge in [-0.3, -0.25) is 4.79 Å². The monoisotopic (exact) mass is 452 g/mol. The van der Waals surface area contributed by atoms with Crippen molar-refractivity contribution in [2.45, 2.75) is 181 Å². The molecule has 0 bridgehead atoms. The molecule has 32 heavy (non-hydrogen) atoms. The average Bonchev–Trinajstić information content (AvgIpc) is 2.80. The number of rotatable bonds is 27. The number of hydrogen-bond acceptors (Lipinski definition) is 2. The fourth-order valence-electron chi connectivity index (χ4n) is 4.49. The van der Waals surface area contributed by atoms with Crippen molar-refractivity contribution in [1.82, 2.24) is 0 Å². The van der Waals surface area contributed by atoms with E-state index in [0.717, 1.165) is 12.8 Å². The Labute approximate surface area is 203 Å². The van der Waals surface area contributed by atoms with Gasteiger partial charge < -0.3 is 4.74 Å². The van der Waals surface area contributed by atoms with Gasteiger partial charge in [-0.2, -0.15) is 0 Å². The number of hydrogen-bond donors (Lipinski definition) is 0. The van der Waals surface area contributed by atoms with Crippen molar-refractivity contribution >= 4 is 5.97 Å². The normalized spacial score (nSPS) is 11.2. The summed E-state index contributed by atoms with van der Waals surface area (Å²) in [7, 11) is 0. The summed E-state index contributed by atoms with van der Waals surface area (Å²) in [5, 5.41) is 0. The van der Waals surface area contributed by atoms with Gasteiger partial charge in [0.05, 0.1) is 6.61 Å². The second-order valence-corrected chi connectivity index (χ2v) is 10.1. The first-order valence-electron chi connectivity index (χ1n) is 15.0. The molecule has 0 aromatic carbocycles. The highest BCUT2D eigenvalue weighted by Crippen LogP contribution is 2.14. The standard InChI is InChI=1S/C30H60O2/c1-3-5-7-9-11-13-14-15-16-17-18-19-21-23-25-27-29-32-30(31)28-26-24-22-20-12-10-8-6-4-2/h3-29H2,1-2H3. The van der Waals surface area contributed by atoms with Gasteiger partial charge in [-0.15, -0.1) is 0 Å². The highest BCUT2D eigenvalue weighted by atomic mass is 16.5. The van der Waals surface area contributed by atoms with Gasteiger partial charge in [0, 0.05) is 6.42 Å². The summed E-state index contributed by atoms with van der Waals surface area (Å²) in [5.74, 6) is 0.0221. The Hall–Kier alpha value is -0.530. The predicted octanol–water partition coefficient (Wildman–Crippen LogP) is 10.7. The second-order valence-electron chi connectivity index (χ2n) is 10.1. The lowest BCUT2D eigenvalue weighted by Crippen LogP contribution is -2.05. The summed E-state index contributed by atoms with van der Waals surface area (Å²) in [6.07, 6.45) is 34.3. The Kier molecular flexibility index (Phi) is 28.0. The molecule has 0 saturated heterocycles. The van der Waals surface area contributed by atoms with Gasteiger partial charge >= 0.3 is 5.97 Å². The summed E-state index contributed by atoms with van der Waals surface area (Å²) in [5.41, 5.74) is 0. The van der Waals surface area contributed by atoms with Crippen molar-refractivity contribution in [3.05, 3.63) is 0 Å². The van der Waals surface area contributed by atoms with Gasteiger partial charge in [0.25, 0.3) is 0 Å². The van der Waals surface area contributed by atoms with E-state index in [1.165, 1.54) is 148 Å². The maximum absolute atomic E-state index is 11.8. The SMILES string of the molecule is CCCCCCCCCCCCCCCCCCOC(=O)CCCCCCCCCCC. The number of carbonyl (C=O) groups is 1. The van der Waals surface area contributed by atoms with E-state index in [0.29, 0.717) is 13.0 Å². The molecule has 0 amide bonds. The number of ether oxygens (including phenoxy) is 1. The van der Waals surface area contributed by atoms with Crippen LogP contribution in [-0.2, 0) is 9.53 Å². The van der Waals surface area contributed by atoms with Crippen LogP contribution in [0.5, 0.6) is 0 Å². The summed E-state index contributed by atoms with van der Waals surface area (Å²) < 4.78 is 5.39. The molecule has 0 saturated carbocycles. The van der Waals surface area contributed by atoms with Crippen LogP contribution in [-0.4, -0.2) is 12.6 Å². The second kappa shape index (κ2) is 28.5. The Bertz CT molecular complexity index is 353. The van der Waals surface area contributed by atoms with E-state index in [1.54, 1.807) is 0 Å². The third kappa shape index (κ3) is 27.5. The first-order chi connectivity index (χ1) is 15.8. The number of carbonyl (C=O) groups excluding carboxylic acids is 1. The predicted molar refractivity (Wildman–Crippen MR) is 142 cm³/mol. The van der Waals surface area contributed by atoms with E-state index in [2.05, 4.69) is 13.8 Å². The first kappa shape index (κ1) is 31.5. The van der Waals surface area contributed by atoms with Gasteiger partial charge in [0.15, 0.2) is 0 Å². The largest absolute Gasteiger partial charge is 0.466 e. The van der Waals surface area contributed by atoms with E-state index in [1.807, 2.05) is 0 Å². The molecule has 0 spiro atoms. The van der Waals surface area contributed by atoms with Gasteiger partial charge in [0.1, 0.15) is 0 Å². The lowest BCUT2D eigenvalue weighted by molar-refractivity contribution is -0.143. The van der Waals surface area contributed by atoms with Crippen molar-refractivity contribution in [3.63, 3.8) is 0 Å². The van der Waals surface area contributed by atoms with Gasteiger partial charge in [0.2, 0.25) is 0 Å². The van der Waals surface area contributed by atoms with Crippen LogP contribution in [0.1, 0.15) is 181 Å². The molecule has 0 aliphatic carbocycles. The molecule has 0 aliphatic rings. The molecular formula is C30H60O2. The molecule has 192 valence electrons. The summed E-state index contributed by atoms with van der Waals surface area (Å²) in [6.45, 7) is 5.19. The Morgan fingerprint density at radius 2 is 0.688 bits per heavy atom. The zero-order valence-corrected chi connectivity index (χ0v) is 22.4. The minimum Gasteiger partial charge on any atom is -0.466 e. The molecule has 0 N–H and O–H groups in total. The topological polar surface area (TPSA) is 26.3 Å². The minimum absolute atomic E-state index is 0.0221. The van der Waals surface area contributed by atoms with Crippen LogP contribution < -0.4 is 0 Å². The van der Waals surface area contributed by atoms with Crippen LogP contribution >= 0.6 is 0 Å². The fourth-order valence-corrected chi connectivity index (χ4v) is 4.49.